The van der Waals surface area contributed by atoms with Crippen LogP contribution in [-0.2, 0) is 20.6 Å². The number of hydrogen-bond acceptors (Lipinski definition) is 5. The Morgan fingerprint density at radius 2 is 1.90 bits per heavy atom. The van der Waals surface area contributed by atoms with Gasteiger partial charge in [0, 0.05) is 12.5 Å². The van der Waals surface area contributed by atoms with Gasteiger partial charge in [-0.3, -0.25) is 0 Å². The lowest BCUT2D eigenvalue weighted by atomic mass is 9.60. The summed E-state index contributed by atoms with van der Waals surface area (Å²) in [6.07, 6.45) is 6.93. The van der Waals surface area contributed by atoms with Gasteiger partial charge in [-0.25, -0.2) is 0 Å². The van der Waals surface area contributed by atoms with Crippen molar-refractivity contribution in [1.82, 2.24) is 0 Å². The average molecular weight is 403 g/mol. The first-order valence-electron chi connectivity index (χ1n) is 10.9. The van der Waals surface area contributed by atoms with E-state index in [-0.39, 0.29) is 11.5 Å². The van der Waals surface area contributed by atoms with E-state index in [1.54, 1.807) is 19.8 Å². The molecule has 29 heavy (non-hydrogen) atoms. The lowest BCUT2D eigenvalue weighted by Crippen LogP contribution is -2.41. The molecule has 3 aliphatic rings. The minimum absolute atomic E-state index is 0.0324. The lowest BCUT2D eigenvalue weighted by Gasteiger charge is -2.46. The van der Waals surface area contributed by atoms with Crippen LogP contribution >= 0.6 is 0 Å². The third-order valence-electron chi connectivity index (χ3n) is 7.35. The van der Waals surface area contributed by atoms with Gasteiger partial charge in [-0.05, 0) is 79.7 Å². The van der Waals surface area contributed by atoms with Gasteiger partial charge in [0.05, 0.1) is 33.0 Å². The van der Waals surface area contributed by atoms with Crippen molar-refractivity contribution in [2.45, 2.75) is 51.0 Å². The molecule has 1 N–H and O–H groups in total. The van der Waals surface area contributed by atoms with E-state index in [2.05, 4.69) is 18.2 Å². The largest absolute Gasteiger partial charge is 0.497 e. The third-order valence-corrected chi connectivity index (χ3v) is 7.35. The maximum absolute atomic E-state index is 11.0. The molecule has 0 aliphatic heterocycles. The molecule has 160 valence electrons. The Labute approximate surface area is 174 Å². The van der Waals surface area contributed by atoms with Crippen LogP contribution in [0.15, 0.2) is 23.8 Å². The molecule has 1 aromatic carbocycles. The van der Waals surface area contributed by atoms with Crippen LogP contribution in [0, 0.1) is 11.3 Å². The van der Waals surface area contributed by atoms with Crippen LogP contribution in [0.4, 0.5) is 0 Å². The van der Waals surface area contributed by atoms with Crippen molar-refractivity contribution in [3.05, 3.63) is 34.9 Å². The molecule has 1 aromatic rings. The van der Waals surface area contributed by atoms with Gasteiger partial charge >= 0.3 is 0 Å². The fourth-order valence-electron chi connectivity index (χ4n) is 5.87. The Bertz CT molecular complexity index is 743. The predicted octanol–water partition coefficient (Wildman–Crippen LogP) is 3.97. The highest BCUT2D eigenvalue weighted by Gasteiger charge is 2.53. The zero-order valence-electron chi connectivity index (χ0n) is 17.7. The fraction of sp³-hybridized carbons (Fsp3) is 0.667. The van der Waals surface area contributed by atoms with Crippen molar-refractivity contribution < 1.29 is 24.1 Å². The smallest absolute Gasteiger partial charge is 0.146 e. The van der Waals surface area contributed by atoms with Crippen molar-refractivity contribution in [3.8, 4) is 5.75 Å². The van der Waals surface area contributed by atoms with Gasteiger partial charge in [0.1, 0.15) is 12.5 Å². The Morgan fingerprint density at radius 1 is 1.03 bits per heavy atom. The second-order valence-corrected chi connectivity index (χ2v) is 8.58. The highest BCUT2D eigenvalue weighted by atomic mass is 16.7. The number of methoxy groups -OCH3 is 2. The summed E-state index contributed by atoms with van der Waals surface area (Å²) in [5, 5.41) is 11.0. The Morgan fingerprint density at radius 3 is 2.72 bits per heavy atom. The molecule has 0 amide bonds. The molecular weight excluding hydrogens is 368 g/mol. The Balaban J connectivity index is 1.47. The molecule has 0 aromatic heterocycles. The highest BCUT2D eigenvalue weighted by Crippen LogP contribution is 2.59. The summed E-state index contributed by atoms with van der Waals surface area (Å²) in [4.78, 5) is 0. The number of benzene rings is 1. The molecule has 1 unspecified atom stereocenters. The van der Waals surface area contributed by atoms with Crippen LogP contribution < -0.4 is 4.74 Å². The number of hydrogen-bond donors (Lipinski definition) is 1. The second-order valence-electron chi connectivity index (χ2n) is 8.58. The van der Waals surface area contributed by atoms with E-state index >= 15 is 0 Å². The van der Waals surface area contributed by atoms with Gasteiger partial charge in [-0.2, -0.15) is 0 Å². The molecule has 1 fully saturated rings. The quantitative estimate of drug-likeness (QED) is 0.500. The standard InChI is InChI=1S/C24H34O5/c1-26-13-14-29-16-28-12-11-24-10-9-20-19-6-4-18(27-2)15-17(19)3-5-21(20)22(24)7-8-23(24)25/h4,6,15,22-23,25H,3,5,7-14,16H2,1-2H3/t22?,23-,24+/m0/s1. The van der Waals surface area contributed by atoms with Gasteiger partial charge in [0.2, 0.25) is 0 Å². The maximum Gasteiger partial charge on any atom is 0.146 e. The first-order chi connectivity index (χ1) is 14.2. The normalized spacial score (nSPS) is 28.1. The summed E-state index contributed by atoms with van der Waals surface area (Å²) in [7, 11) is 3.39. The number of ether oxygens (including phenoxy) is 4. The van der Waals surface area contributed by atoms with Crippen LogP contribution in [0.1, 0.15) is 49.7 Å². The van der Waals surface area contributed by atoms with Crippen molar-refractivity contribution in [3.63, 3.8) is 0 Å². The summed E-state index contributed by atoms with van der Waals surface area (Å²) >= 11 is 0. The second kappa shape index (κ2) is 9.17. The van der Waals surface area contributed by atoms with Crippen molar-refractivity contribution in [1.29, 1.82) is 0 Å². The molecular formula is C24H34O5. The van der Waals surface area contributed by atoms with Crippen LogP contribution in [0.5, 0.6) is 5.75 Å². The third kappa shape index (κ3) is 3.98. The summed E-state index contributed by atoms with van der Waals surface area (Å²) in [6, 6.07) is 6.51. The topological polar surface area (TPSA) is 57.2 Å². The molecule has 0 radical (unpaired) electrons. The molecule has 0 heterocycles. The van der Waals surface area contributed by atoms with E-state index in [4.69, 9.17) is 18.9 Å². The van der Waals surface area contributed by atoms with E-state index in [1.807, 2.05) is 0 Å². The molecule has 4 rings (SSSR count). The van der Waals surface area contributed by atoms with Gasteiger partial charge in [-0.1, -0.05) is 11.6 Å². The van der Waals surface area contributed by atoms with Gasteiger partial charge in [-0.15, -0.1) is 0 Å². The first kappa shape index (κ1) is 20.9. The van der Waals surface area contributed by atoms with E-state index in [0.717, 1.165) is 50.7 Å². The molecule has 1 saturated carbocycles. The lowest BCUT2D eigenvalue weighted by molar-refractivity contribution is -0.0831. The molecule has 3 atom stereocenters. The maximum atomic E-state index is 11.0. The average Bonchev–Trinajstić information content (AvgIpc) is 3.09. The zero-order chi connectivity index (χ0) is 20.3. The minimum atomic E-state index is -0.225. The zero-order valence-corrected chi connectivity index (χ0v) is 17.7. The van der Waals surface area contributed by atoms with Crippen LogP contribution in [0.25, 0.3) is 5.57 Å². The summed E-state index contributed by atoms with van der Waals surface area (Å²) in [5.74, 6) is 1.42. The first-order valence-corrected chi connectivity index (χ1v) is 10.9. The molecule has 0 spiro atoms. The fourth-order valence-corrected chi connectivity index (χ4v) is 5.87. The SMILES string of the molecule is COCCOCOCC[C@]12CCC3=C(CCc4cc(OC)ccc43)C1CC[C@@H]2O. The summed E-state index contributed by atoms with van der Waals surface area (Å²) < 4.78 is 21.5. The Kier molecular flexibility index (Phi) is 6.60. The molecule has 5 nitrogen and oxygen atoms in total. The molecule has 0 bridgehead atoms. The van der Waals surface area contributed by atoms with Crippen molar-refractivity contribution >= 4 is 5.57 Å². The van der Waals surface area contributed by atoms with Crippen molar-refractivity contribution in [2.24, 2.45) is 11.3 Å². The molecule has 5 heteroatoms. The Hall–Kier alpha value is -1.40. The summed E-state index contributed by atoms with van der Waals surface area (Å²) in [6.45, 7) is 2.06. The van der Waals surface area contributed by atoms with Gasteiger partial charge in [0.25, 0.3) is 0 Å². The summed E-state index contributed by atoms with van der Waals surface area (Å²) in [5.41, 5.74) is 5.92. The van der Waals surface area contributed by atoms with Crippen LogP contribution in [0.2, 0.25) is 0 Å². The highest BCUT2D eigenvalue weighted by molar-refractivity contribution is 5.75. The predicted molar refractivity (Wildman–Crippen MR) is 112 cm³/mol. The number of aliphatic hydroxyl groups is 1. The van der Waals surface area contributed by atoms with E-state index in [0.29, 0.717) is 32.5 Å². The van der Waals surface area contributed by atoms with E-state index < -0.39 is 0 Å². The van der Waals surface area contributed by atoms with E-state index in [9.17, 15) is 5.11 Å². The van der Waals surface area contributed by atoms with Crippen molar-refractivity contribution in [2.75, 3.05) is 40.8 Å². The van der Waals surface area contributed by atoms with E-state index in [1.165, 1.54) is 16.7 Å². The number of aliphatic hydroxyl groups excluding tert-OH is 1. The minimum Gasteiger partial charge on any atom is -0.497 e. The monoisotopic (exact) mass is 402 g/mol. The van der Waals surface area contributed by atoms with Crippen LogP contribution in [0.3, 0.4) is 0 Å². The number of fused-ring (bicyclic) bond motifs is 4. The van der Waals surface area contributed by atoms with Crippen LogP contribution in [-0.4, -0.2) is 52.0 Å². The molecule has 0 saturated heterocycles. The number of allylic oxidation sites excluding steroid dienone is 2. The molecule has 3 aliphatic carbocycles. The van der Waals surface area contributed by atoms with Gasteiger partial charge < -0.3 is 24.1 Å². The number of aryl methyl sites for hydroxylation is 1. The number of rotatable bonds is 9. The van der Waals surface area contributed by atoms with Gasteiger partial charge in [0.15, 0.2) is 0 Å².